The molecule has 4 N–H and O–H groups in total. The number of hydrogen-bond donors (Lipinski definition) is 3. The van der Waals surface area contributed by atoms with Gasteiger partial charge in [-0.2, -0.15) is 0 Å². The number of hydrogen-bond acceptors (Lipinski definition) is 4. The maximum absolute atomic E-state index is 11.6. The molecular weight excluding hydrogens is 305 g/mol. The van der Waals surface area contributed by atoms with Gasteiger partial charge in [0, 0.05) is 17.1 Å². The highest BCUT2D eigenvalue weighted by molar-refractivity contribution is 6.35. The quantitative estimate of drug-likeness (QED) is 0.769. The van der Waals surface area contributed by atoms with Crippen LogP contribution >= 0.6 is 23.2 Å². The standard InChI is InChI=1S/C12H15Cl2N3O3/c1-6(11(18)17-12(15)19)20-10-7(5-16-2)3-8(13)4-9(10)14/h3-4,6,16H,5H2,1-2H3,(H3,15,17,18,19). The van der Waals surface area contributed by atoms with E-state index in [1.54, 1.807) is 13.1 Å². The van der Waals surface area contributed by atoms with Crippen LogP contribution in [0.1, 0.15) is 12.5 Å². The number of halogens is 2. The van der Waals surface area contributed by atoms with E-state index in [-0.39, 0.29) is 5.02 Å². The van der Waals surface area contributed by atoms with Crippen molar-refractivity contribution in [2.45, 2.75) is 19.6 Å². The molecule has 0 aliphatic rings. The molecule has 0 spiro atoms. The maximum Gasteiger partial charge on any atom is 0.318 e. The molecule has 0 heterocycles. The molecule has 1 unspecified atom stereocenters. The molecule has 0 saturated carbocycles. The largest absolute Gasteiger partial charge is 0.479 e. The van der Waals surface area contributed by atoms with Gasteiger partial charge in [-0.15, -0.1) is 0 Å². The number of nitrogens with two attached hydrogens (primary N) is 1. The Labute approximate surface area is 126 Å². The molecule has 0 aromatic heterocycles. The first kappa shape index (κ1) is 16.6. The summed E-state index contributed by atoms with van der Waals surface area (Å²) in [5.41, 5.74) is 5.57. The van der Waals surface area contributed by atoms with Crippen molar-refractivity contribution in [1.82, 2.24) is 10.6 Å². The van der Waals surface area contributed by atoms with Crippen LogP contribution < -0.4 is 21.1 Å². The van der Waals surface area contributed by atoms with Crippen LogP contribution in [0.2, 0.25) is 10.0 Å². The number of urea groups is 1. The van der Waals surface area contributed by atoms with E-state index < -0.39 is 18.0 Å². The molecule has 1 aromatic carbocycles. The lowest BCUT2D eigenvalue weighted by Crippen LogP contribution is -2.42. The third-order valence-corrected chi connectivity index (χ3v) is 2.86. The summed E-state index contributed by atoms with van der Waals surface area (Å²) in [5.74, 6) is -0.323. The van der Waals surface area contributed by atoms with Gasteiger partial charge in [-0.1, -0.05) is 23.2 Å². The predicted molar refractivity (Wildman–Crippen MR) is 77.0 cm³/mol. The minimum atomic E-state index is -0.942. The highest BCUT2D eigenvalue weighted by Crippen LogP contribution is 2.33. The fourth-order valence-corrected chi connectivity index (χ4v) is 2.10. The summed E-state index contributed by atoms with van der Waals surface area (Å²) in [4.78, 5) is 22.2. The van der Waals surface area contributed by atoms with Gasteiger partial charge in [0.2, 0.25) is 0 Å². The van der Waals surface area contributed by atoms with Crippen LogP contribution in [-0.2, 0) is 11.3 Å². The molecule has 0 aliphatic heterocycles. The second-order valence-corrected chi connectivity index (χ2v) is 4.86. The lowest BCUT2D eigenvalue weighted by Gasteiger charge is -2.18. The number of carbonyl (C=O) groups is 2. The lowest BCUT2D eigenvalue weighted by atomic mass is 10.2. The zero-order valence-electron chi connectivity index (χ0n) is 11.0. The first-order valence-corrected chi connectivity index (χ1v) is 6.50. The maximum atomic E-state index is 11.6. The Kier molecular flexibility index (Phi) is 6.06. The molecule has 0 aliphatic carbocycles. The first-order valence-electron chi connectivity index (χ1n) is 5.74. The van der Waals surface area contributed by atoms with E-state index in [4.69, 9.17) is 33.7 Å². The second-order valence-electron chi connectivity index (χ2n) is 4.02. The smallest absolute Gasteiger partial charge is 0.318 e. The fourth-order valence-electron chi connectivity index (χ4n) is 1.52. The van der Waals surface area contributed by atoms with E-state index >= 15 is 0 Å². The van der Waals surface area contributed by atoms with Gasteiger partial charge < -0.3 is 15.8 Å². The molecule has 20 heavy (non-hydrogen) atoms. The van der Waals surface area contributed by atoms with Crippen molar-refractivity contribution in [3.05, 3.63) is 27.7 Å². The van der Waals surface area contributed by atoms with Crippen LogP contribution in [0.4, 0.5) is 4.79 Å². The monoisotopic (exact) mass is 319 g/mol. The summed E-state index contributed by atoms with van der Waals surface area (Å²) in [6, 6.07) is 2.25. The number of carbonyl (C=O) groups excluding carboxylic acids is 2. The lowest BCUT2D eigenvalue weighted by molar-refractivity contribution is -0.126. The SMILES string of the molecule is CNCc1cc(Cl)cc(Cl)c1OC(C)C(=O)NC(N)=O. The van der Waals surface area contributed by atoms with Crippen molar-refractivity contribution in [2.24, 2.45) is 5.73 Å². The Bertz CT molecular complexity index is 523. The second kappa shape index (κ2) is 7.33. The van der Waals surface area contributed by atoms with E-state index in [0.29, 0.717) is 22.9 Å². The molecule has 0 saturated heterocycles. The number of ether oxygens (including phenoxy) is 1. The Balaban J connectivity index is 2.95. The third kappa shape index (κ3) is 4.56. The number of primary amides is 1. The number of benzene rings is 1. The van der Waals surface area contributed by atoms with Crippen LogP contribution in [0.3, 0.4) is 0 Å². The van der Waals surface area contributed by atoms with Gasteiger partial charge in [-0.3, -0.25) is 10.1 Å². The van der Waals surface area contributed by atoms with Gasteiger partial charge in [0.15, 0.2) is 6.10 Å². The summed E-state index contributed by atoms with van der Waals surface area (Å²) in [5, 5.41) is 5.62. The molecule has 1 aromatic rings. The van der Waals surface area contributed by atoms with E-state index in [2.05, 4.69) is 5.32 Å². The highest BCUT2D eigenvalue weighted by Gasteiger charge is 2.19. The molecule has 6 nitrogen and oxygen atoms in total. The summed E-state index contributed by atoms with van der Waals surface area (Å²) >= 11 is 12.0. The van der Waals surface area contributed by atoms with Crippen LogP contribution in [0, 0.1) is 0 Å². The molecule has 0 fully saturated rings. The third-order valence-electron chi connectivity index (χ3n) is 2.36. The zero-order valence-corrected chi connectivity index (χ0v) is 12.5. The van der Waals surface area contributed by atoms with Gasteiger partial charge in [0.1, 0.15) is 5.75 Å². The molecule has 0 bridgehead atoms. The molecule has 1 atom stereocenters. The Morgan fingerprint density at radius 2 is 2.05 bits per heavy atom. The zero-order chi connectivity index (χ0) is 15.3. The topological polar surface area (TPSA) is 93.4 Å². The molecular formula is C12H15Cl2N3O3. The van der Waals surface area contributed by atoms with Gasteiger partial charge in [-0.25, -0.2) is 4.79 Å². The van der Waals surface area contributed by atoms with Crippen molar-refractivity contribution in [3.63, 3.8) is 0 Å². The van der Waals surface area contributed by atoms with Gasteiger partial charge in [-0.05, 0) is 26.1 Å². The Morgan fingerprint density at radius 1 is 1.40 bits per heavy atom. The molecule has 110 valence electrons. The summed E-state index contributed by atoms with van der Waals surface area (Å²) in [6.45, 7) is 1.94. The Morgan fingerprint density at radius 3 is 2.60 bits per heavy atom. The van der Waals surface area contributed by atoms with E-state index in [0.717, 1.165) is 0 Å². The average molecular weight is 320 g/mol. The predicted octanol–water partition coefficient (Wildman–Crippen LogP) is 1.67. The van der Waals surface area contributed by atoms with Gasteiger partial charge >= 0.3 is 6.03 Å². The van der Waals surface area contributed by atoms with E-state index in [1.807, 2.05) is 5.32 Å². The molecule has 3 amide bonds. The van der Waals surface area contributed by atoms with Crippen molar-refractivity contribution < 1.29 is 14.3 Å². The first-order chi connectivity index (χ1) is 9.35. The fraction of sp³-hybridized carbons (Fsp3) is 0.333. The van der Waals surface area contributed by atoms with Crippen molar-refractivity contribution in [2.75, 3.05) is 7.05 Å². The summed E-state index contributed by atoms with van der Waals surface area (Å²) in [7, 11) is 1.75. The van der Waals surface area contributed by atoms with Crippen molar-refractivity contribution in [1.29, 1.82) is 0 Å². The number of rotatable bonds is 5. The van der Waals surface area contributed by atoms with E-state index in [1.165, 1.54) is 13.0 Å². The van der Waals surface area contributed by atoms with Gasteiger partial charge in [0.25, 0.3) is 5.91 Å². The molecule has 1 rings (SSSR count). The highest BCUT2D eigenvalue weighted by atomic mass is 35.5. The van der Waals surface area contributed by atoms with Crippen LogP contribution in [0.5, 0.6) is 5.75 Å². The van der Waals surface area contributed by atoms with Crippen molar-refractivity contribution in [3.8, 4) is 5.75 Å². The van der Waals surface area contributed by atoms with Crippen LogP contribution in [0.15, 0.2) is 12.1 Å². The average Bonchev–Trinajstić information content (AvgIpc) is 2.32. The van der Waals surface area contributed by atoms with Crippen molar-refractivity contribution >= 4 is 35.1 Å². The summed E-state index contributed by atoms with van der Waals surface area (Å²) < 4.78 is 5.50. The van der Waals surface area contributed by atoms with Crippen LogP contribution in [0.25, 0.3) is 0 Å². The van der Waals surface area contributed by atoms with Crippen LogP contribution in [-0.4, -0.2) is 25.1 Å². The number of nitrogens with one attached hydrogen (secondary N) is 2. The molecule has 8 heteroatoms. The summed E-state index contributed by atoms with van der Waals surface area (Å²) in [6.07, 6.45) is -0.934. The van der Waals surface area contributed by atoms with Gasteiger partial charge in [0.05, 0.1) is 5.02 Å². The van der Waals surface area contributed by atoms with E-state index in [9.17, 15) is 9.59 Å². The normalized spacial score (nSPS) is 11.8. The molecule has 0 radical (unpaired) electrons. The Hall–Kier alpha value is -1.50. The minimum absolute atomic E-state index is 0.279. The minimum Gasteiger partial charge on any atom is -0.479 e. The number of imide groups is 1. The number of amides is 3.